The maximum Gasteiger partial charge on any atom is 0.155 e. The molecule has 0 amide bonds. The highest BCUT2D eigenvalue weighted by Gasteiger charge is 2.65. The van der Waals surface area contributed by atoms with E-state index in [0.29, 0.717) is 30.0 Å². The van der Waals surface area contributed by atoms with Gasteiger partial charge in [0.2, 0.25) is 0 Å². The van der Waals surface area contributed by atoms with Gasteiger partial charge in [-0.1, -0.05) is 19.4 Å². The number of hydrogen-bond acceptors (Lipinski definition) is 3. The van der Waals surface area contributed by atoms with Gasteiger partial charge in [0.05, 0.1) is 5.41 Å². The van der Waals surface area contributed by atoms with Gasteiger partial charge in [-0.15, -0.1) is 0 Å². The molecule has 5 unspecified atom stereocenters. The van der Waals surface area contributed by atoms with E-state index in [0.717, 1.165) is 51.2 Å². The van der Waals surface area contributed by atoms with Gasteiger partial charge in [0.1, 0.15) is 12.1 Å². The van der Waals surface area contributed by atoms with E-state index >= 15 is 0 Å². The predicted molar refractivity (Wildman–Crippen MR) is 95.9 cm³/mol. The maximum atomic E-state index is 12.5. The number of carbonyl (C=O) groups excluding carboxylic acids is 3. The fourth-order valence-electron chi connectivity index (χ4n) is 7.49. The maximum absolute atomic E-state index is 12.5. The number of rotatable bonds is 2. The van der Waals surface area contributed by atoms with Gasteiger partial charge in [-0.3, -0.25) is 9.59 Å². The van der Waals surface area contributed by atoms with Crippen molar-refractivity contribution in [2.45, 2.75) is 72.1 Å². The number of fused-ring (bicyclic) bond motifs is 5. The van der Waals surface area contributed by atoms with Crippen LogP contribution in [0, 0.1) is 34.0 Å². The smallest absolute Gasteiger partial charge is 0.155 e. The predicted octanol–water partition coefficient (Wildman–Crippen LogP) is 4.29. The Morgan fingerprint density at radius 3 is 2.48 bits per heavy atom. The molecule has 0 aromatic rings. The molecule has 25 heavy (non-hydrogen) atoms. The standard InChI is InChI=1S/C22H30O3/c1-14(24)22(13-23)11-8-19-17-5-4-15-12-16(25)6-9-20(15,2)18(17)7-10-21(19,22)3/h12-13,17-19H,4-11H2,1-3H3/t17?,18?,19?,20?,21?,22-/m0/s1. The van der Waals surface area contributed by atoms with Crippen molar-refractivity contribution in [3.05, 3.63) is 11.6 Å². The molecule has 3 heteroatoms. The molecule has 3 saturated carbocycles. The zero-order valence-corrected chi connectivity index (χ0v) is 15.8. The minimum atomic E-state index is -0.762. The third-order valence-electron chi connectivity index (χ3n) is 9.05. The summed E-state index contributed by atoms with van der Waals surface area (Å²) in [4.78, 5) is 36.4. The van der Waals surface area contributed by atoms with Gasteiger partial charge in [0.15, 0.2) is 5.78 Å². The number of Topliss-reactive ketones (excluding diaryl/α,β-unsaturated/α-hetero) is 1. The normalized spacial score (nSPS) is 48.8. The Balaban J connectivity index is 1.72. The Bertz CT molecular complexity index is 677. The van der Waals surface area contributed by atoms with Crippen LogP contribution < -0.4 is 0 Å². The molecule has 4 aliphatic carbocycles. The van der Waals surface area contributed by atoms with Gasteiger partial charge in [0, 0.05) is 6.42 Å². The second-order valence-corrected chi connectivity index (χ2v) is 9.61. The van der Waals surface area contributed by atoms with Gasteiger partial charge >= 0.3 is 0 Å². The quantitative estimate of drug-likeness (QED) is 0.555. The third kappa shape index (κ3) is 2.01. The molecule has 0 aromatic heterocycles. The van der Waals surface area contributed by atoms with Crippen LogP contribution in [0.2, 0.25) is 0 Å². The molecular formula is C22H30O3. The summed E-state index contributed by atoms with van der Waals surface area (Å²) in [6, 6.07) is 0. The van der Waals surface area contributed by atoms with E-state index in [1.807, 2.05) is 6.08 Å². The molecule has 0 saturated heterocycles. The van der Waals surface area contributed by atoms with Gasteiger partial charge in [-0.25, -0.2) is 0 Å². The van der Waals surface area contributed by atoms with E-state index in [9.17, 15) is 14.4 Å². The molecule has 136 valence electrons. The first kappa shape index (κ1) is 17.2. The highest BCUT2D eigenvalue weighted by atomic mass is 16.1. The zero-order chi connectivity index (χ0) is 18.0. The SMILES string of the molecule is CC(=O)[C@@]1(C=O)CCC2C3CCC4=CC(=O)CCC4(C)C3CCC21C. The fraction of sp³-hybridized carbons (Fsp3) is 0.773. The molecule has 6 atom stereocenters. The highest BCUT2D eigenvalue weighted by Crippen LogP contribution is 2.69. The number of ketones is 2. The largest absolute Gasteiger partial charge is 0.302 e. The molecule has 4 rings (SSSR count). The van der Waals surface area contributed by atoms with Crippen LogP contribution in [0.3, 0.4) is 0 Å². The summed E-state index contributed by atoms with van der Waals surface area (Å²) in [5.41, 5.74) is 0.590. The van der Waals surface area contributed by atoms with E-state index in [-0.39, 0.29) is 16.6 Å². The third-order valence-corrected chi connectivity index (χ3v) is 9.05. The van der Waals surface area contributed by atoms with E-state index < -0.39 is 5.41 Å². The number of aldehydes is 1. The Morgan fingerprint density at radius 1 is 1.08 bits per heavy atom. The topological polar surface area (TPSA) is 51.2 Å². The minimum absolute atomic E-state index is 0.0665. The van der Waals surface area contributed by atoms with Crippen LogP contribution in [0.25, 0.3) is 0 Å². The summed E-state index contributed by atoms with van der Waals surface area (Å²) in [5, 5.41) is 0. The van der Waals surface area contributed by atoms with Crippen molar-refractivity contribution in [1.82, 2.24) is 0 Å². The molecule has 3 fully saturated rings. The zero-order valence-electron chi connectivity index (χ0n) is 15.8. The van der Waals surface area contributed by atoms with Gasteiger partial charge in [-0.2, -0.15) is 0 Å². The molecule has 4 aliphatic rings. The van der Waals surface area contributed by atoms with Crippen LogP contribution in [-0.2, 0) is 14.4 Å². The van der Waals surface area contributed by atoms with Crippen molar-refractivity contribution in [3.63, 3.8) is 0 Å². The van der Waals surface area contributed by atoms with Gasteiger partial charge < -0.3 is 4.79 Å². The first-order chi connectivity index (χ1) is 11.8. The Kier molecular flexibility index (Phi) is 3.69. The summed E-state index contributed by atoms with van der Waals surface area (Å²) in [6.07, 6.45) is 10.5. The molecular weight excluding hydrogens is 312 g/mol. The average Bonchev–Trinajstić information content (AvgIpc) is 2.89. The van der Waals surface area contributed by atoms with Crippen LogP contribution in [0.5, 0.6) is 0 Å². The Morgan fingerprint density at radius 2 is 1.80 bits per heavy atom. The lowest BCUT2D eigenvalue weighted by Gasteiger charge is -2.59. The van der Waals surface area contributed by atoms with Crippen molar-refractivity contribution < 1.29 is 14.4 Å². The highest BCUT2D eigenvalue weighted by molar-refractivity contribution is 5.98. The molecule has 0 heterocycles. The van der Waals surface area contributed by atoms with E-state index in [4.69, 9.17) is 0 Å². The molecule has 0 bridgehead atoms. The number of carbonyl (C=O) groups is 3. The molecule has 0 spiro atoms. The lowest BCUT2D eigenvalue weighted by molar-refractivity contribution is -0.147. The van der Waals surface area contributed by atoms with Crippen molar-refractivity contribution in [3.8, 4) is 0 Å². The average molecular weight is 342 g/mol. The summed E-state index contributed by atoms with van der Waals surface area (Å²) < 4.78 is 0. The van der Waals surface area contributed by atoms with E-state index in [1.165, 1.54) is 5.57 Å². The van der Waals surface area contributed by atoms with Crippen molar-refractivity contribution in [2.24, 2.45) is 34.0 Å². The monoisotopic (exact) mass is 342 g/mol. The molecule has 3 nitrogen and oxygen atoms in total. The van der Waals surface area contributed by atoms with Crippen LogP contribution in [0.1, 0.15) is 72.1 Å². The van der Waals surface area contributed by atoms with Crippen LogP contribution in [0.4, 0.5) is 0 Å². The number of hydrogen-bond donors (Lipinski definition) is 0. The molecule has 0 N–H and O–H groups in total. The molecule has 0 radical (unpaired) electrons. The fourth-order valence-corrected chi connectivity index (χ4v) is 7.49. The summed E-state index contributed by atoms with van der Waals surface area (Å²) >= 11 is 0. The summed E-state index contributed by atoms with van der Waals surface area (Å²) in [7, 11) is 0. The molecule has 0 aromatic carbocycles. The van der Waals surface area contributed by atoms with E-state index in [2.05, 4.69) is 13.8 Å². The van der Waals surface area contributed by atoms with Crippen molar-refractivity contribution in [1.29, 1.82) is 0 Å². The summed E-state index contributed by atoms with van der Waals surface area (Å²) in [5.74, 6) is 2.03. The van der Waals surface area contributed by atoms with E-state index in [1.54, 1.807) is 6.92 Å². The van der Waals surface area contributed by atoms with Crippen LogP contribution >= 0.6 is 0 Å². The van der Waals surface area contributed by atoms with Crippen LogP contribution in [-0.4, -0.2) is 17.9 Å². The Labute approximate surface area is 150 Å². The summed E-state index contributed by atoms with van der Waals surface area (Å²) in [6.45, 7) is 6.20. The second-order valence-electron chi connectivity index (χ2n) is 9.61. The van der Waals surface area contributed by atoms with Crippen molar-refractivity contribution in [2.75, 3.05) is 0 Å². The number of allylic oxidation sites excluding steroid dienone is 1. The molecule has 0 aliphatic heterocycles. The second kappa shape index (κ2) is 5.37. The first-order valence-electron chi connectivity index (χ1n) is 10.00. The van der Waals surface area contributed by atoms with Crippen molar-refractivity contribution >= 4 is 17.9 Å². The lowest BCUT2D eigenvalue weighted by Crippen LogP contribution is -2.54. The lowest BCUT2D eigenvalue weighted by atomic mass is 9.45. The minimum Gasteiger partial charge on any atom is -0.302 e. The Hall–Kier alpha value is -1.25. The first-order valence-corrected chi connectivity index (χ1v) is 10.00. The van der Waals surface area contributed by atoms with Gasteiger partial charge in [-0.05, 0) is 86.5 Å². The van der Waals surface area contributed by atoms with Gasteiger partial charge in [0.25, 0.3) is 0 Å². The van der Waals surface area contributed by atoms with Crippen LogP contribution in [0.15, 0.2) is 11.6 Å².